The third kappa shape index (κ3) is 19.9. The van der Waals surface area contributed by atoms with Crippen molar-refractivity contribution in [2.75, 3.05) is 44.2 Å². The van der Waals surface area contributed by atoms with Gasteiger partial charge in [-0.15, -0.1) is 0 Å². The number of nitrogens with zero attached hydrogens (tertiary/aromatic N) is 13. The lowest BCUT2D eigenvalue weighted by Crippen LogP contribution is -2.51. The van der Waals surface area contributed by atoms with Crippen LogP contribution in [0.1, 0.15) is 121 Å². The summed E-state index contributed by atoms with van der Waals surface area (Å²) in [6.07, 6.45) is 8.59. The van der Waals surface area contributed by atoms with Gasteiger partial charge in [-0.1, -0.05) is 12.1 Å². The molecule has 12 rings (SSSR count). The van der Waals surface area contributed by atoms with E-state index < -0.39 is 34.8 Å². The maximum absolute atomic E-state index is 14.3. The number of ether oxygens (including phenoxy) is 6. The van der Waals surface area contributed by atoms with Gasteiger partial charge in [-0.25, -0.2) is 53.1 Å². The summed E-state index contributed by atoms with van der Waals surface area (Å²) in [4.78, 5) is 112. The van der Waals surface area contributed by atoms with Gasteiger partial charge in [0.2, 0.25) is 23.5 Å². The van der Waals surface area contributed by atoms with E-state index in [0.717, 1.165) is 16.8 Å². The van der Waals surface area contributed by atoms with Crippen molar-refractivity contribution >= 4 is 75.2 Å². The Bertz CT molecular complexity index is 4440. The number of pyridine rings is 3. The molecule has 101 heavy (non-hydrogen) atoms. The minimum atomic E-state index is -0.750. The number of piperidine rings is 3. The van der Waals surface area contributed by atoms with Crippen LogP contribution < -0.4 is 30.2 Å². The van der Waals surface area contributed by atoms with E-state index in [-0.39, 0.29) is 95.0 Å². The fourth-order valence-electron chi connectivity index (χ4n) is 11.7. The number of carbonyl (C=O) groups excluding carboxylic acids is 4. The van der Waals surface area contributed by atoms with Gasteiger partial charge in [0.15, 0.2) is 28.9 Å². The minimum absolute atomic E-state index is 0.0214. The van der Waals surface area contributed by atoms with Crippen LogP contribution in [0, 0.1) is 32.4 Å². The normalized spacial score (nSPS) is 14.8. The zero-order valence-electron chi connectivity index (χ0n) is 57.0. The third-order valence-electron chi connectivity index (χ3n) is 16.4. The molecule has 3 saturated heterocycles. The molecule has 4 amide bonds. The van der Waals surface area contributed by atoms with Crippen molar-refractivity contribution in [1.29, 1.82) is 0 Å². The number of anilines is 1. The van der Waals surface area contributed by atoms with Crippen molar-refractivity contribution in [3.8, 4) is 34.9 Å². The monoisotopic (exact) mass is 1430 g/mol. The summed E-state index contributed by atoms with van der Waals surface area (Å²) < 4.78 is 98.4. The number of likely N-dealkylation sites (tertiary alicyclic amines) is 3. The molecule has 0 N–H and O–H groups in total. The van der Waals surface area contributed by atoms with E-state index in [9.17, 15) is 37.5 Å². The summed E-state index contributed by atoms with van der Waals surface area (Å²) >= 11 is -1.50. The first-order chi connectivity index (χ1) is 48.4. The predicted molar refractivity (Wildman–Crippen MR) is 364 cm³/mol. The van der Waals surface area contributed by atoms with E-state index in [4.69, 9.17) is 45.3 Å². The van der Waals surface area contributed by atoms with Gasteiger partial charge in [-0.05, 0) is 167 Å². The molecule has 0 atom stereocenters. The molecule has 536 valence electrons. The highest BCUT2D eigenvalue weighted by molar-refractivity contribution is 7.52. The number of amides is 4. The predicted octanol–water partition coefficient (Wildman–Crippen LogP) is 10.3. The zero-order valence-corrected chi connectivity index (χ0v) is 58.7. The summed E-state index contributed by atoms with van der Waals surface area (Å²) in [5, 5.41) is 1.15. The molecule has 0 saturated carbocycles. The molecule has 0 radical (unpaired) electrons. The number of aryl methyl sites for hydroxylation is 3. The molecule has 4 aliphatic heterocycles. The number of hydrogen-bond donors (Lipinski definition) is 0. The number of fused-ring (bicyclic) bond motifs is 3. The SMILES string of the molecule is Cc1ccc(Oc2ncnc3c2CCC(=O)N3C2CCN(C(=O)OC(C)C)CC2)c(F)c1.Cc1ccc(Oc2ncnc3c2ccc(=O)n3C2CCN(C(=O)OC(C)C)CC2)c(F)c1.Cc1ncccc1Oc1ncnc2c1ccc(=O)n2C1CCN(C(=O)OC(C)C)CC1.O=S=O.O=S=O. The van der Waals surface area contributed by atoms with Gasteiger partial charge >= 0.3 is 41.4 Å². The molecule has 29 nitrogen and oxygen atoms in total. The Morgan fingerprint density at radius 3 is 1.27 bits per heavy atom. The summed E-state index contributed by atoms with van der Waals surface area (Å²) in [6, 6.07) is 18.9. The lowest BCUT2D eigenvalue weighted by Gasteiger charge is -2.40. The van der Waals surface area contributed by atoms with Gasteiger partial charge in [0.1, 0.15) is 36.1 Å². The topological polar surface area (TPSA) is 339 Å². The molecule has 0 bridgehead atoms. The van der Waals surface area contributed by atoms with Crippen molar-refractivity contribution in [1.82, 2.24) is 58.7 Å². The van der Waals surface area contributed by atoms with Crippen LogP contribution in [0.5, 0.6) is 34.9 Å². The summed E-state index contributed by atoms with van der Waals surface area (Å²) in [5.41, 5.74) is 3.59. The quantitative estimate of drug-likeness (QED) is 0.103. The maximum Gasteiger partial charge on any atom is 0.410 e. The van der Waals surface area contributed by atoms with E-state index in [2.05, 4.69) is 34.9 Å². The number of carbonyl (C=O) groups is 4. The summed E-state index contributed by atoms with van der Waals surface area (Å²) in [7, 11) is 0. The molecule has 0 aliphatic carbocycles. The molecule has 10 heterocycles. The van der Waals surface area contributed by atoms with Crippen LogP contribution in [-0.4, -0.2) is 163 Å². The van der Waals surface area contributed by atoms with Crippen LogP contribution in [0.4, 0.5) is 29.0 Å². The van der Waals surface area contributed by atoms with Crippen molar-refractivity contribution in [3.05, 3.63) is 153 Å². The first kappa shape index (κ1) is 76.2. The summed E-state index contributed by atoms with van der Waals surface area (Å²) in [6.45, 7) is 19.3. The Labute approximate surface area is 586 Å². The molecular weight excluding hydrogens is 1360 g/mol. The molecule has 2 aromatic carbocycles. The largest absolute Gasteiger partial charge is 0.447 e. The van der Waals surface area contributed by atoms with Gasteiger partial charge in [-0.2, -0.15) is 16.8 Å². The first-order valence-corrected chi connectivity index (χ1v) is 33.8. The average Bonchev–Trinajstić information content (AvgIpc) is 0.786. The van der Waals surface area contributed by atoms with Crippen LogP contribution in [0.25, 0.3) is 22.1 Å². The van der Waals surface area contributed by atoms with Crippen molar-refractivity contribution < 1.29 is 73.2 Å². The zero-order chi connectivity index (χ0) is 73.0. The Morgan fingerprint density at radius 2 is 0.861 bits per heavy atom. The maximum atomic E-state index is 14.3. The Balaban J connectivity index is 0.000000185. The van der Waals surface area contributed by atoms with E-state index in [1.54, 1.807) is 91.2 Å². The van der Waals surface area contributed by atoms with E-state index in [1.807, 2.05) is 54.5 Å². The smallest absolute Gasteiger partial charge is 0.410 e. The molecule has 8 aromatic rings. The Kier molecular flexibility index (Phi) is 27.1. The summed E-state index contributed by atoms with van der Waals surface area (Å²) in [5.74, 6) is 1.03. The van der Waals surface area contributed by atoms with E-state index in [1.165, 1.54) is 43.2 Å². The van der Waals surface area contributed by atoms with E-state index in [0.29, 0.717) is 136 Å². The first-order valence-electron chi connectivity index (χ1n) is 32.5. The van der Waals surface area contributed by atoms with Crippen molar-refractivity contribution in [2.45, 2.75) is 150 Å². The van der Waals surface area contributed by atoms with Crippen LogP contribution >= 0.6 is 0 Å². The Hall–Kier alpha value is -10.6. The average molecular weight is 1430 g/mol. The molecule has 0 spiro atoms. The van der Waals surface area contributed by atoms with Gasteiger partial charge in [0, 0.05) is 82.1 Å². The highest BCUT2D eigenvalue weighted by Gasteiger charge is 2.37. The molecule has 3 fully saturated rings. The van der Waals surface area contributed by atoms with Crippen molar-refractivity contribution in [2.24, 2.45) is 0 Å². The Morgan fingerprint density at radius 1 is 0.475 bits per heavy atom. The molecule has 4 aliphatic rings. The van der Waals surface area contributed by atoms with Gasteiger partial charge < -0.3 is 43.1 Å². The molecule has 0 unspecified atom stereocenters. The number of hydrogen-bond acceptors (Lipinski definition) is 23. The van der Waals surface area contributed by atoms with E-state index >= 15 is 0 Å². The number of rotatable bonds is 12. The van der Waals surface area contributed by atoms with Gasteiger partial charge in [0.25, 0.3) is 11.1 Å². The van der Waals surface area contributed by atoms with Crippen LogP contribution in [0.15, 0.2) is 108 Å². The standard InChI is InChI=1S/C23H27FN4O4.C23H25FN4O4.C22H25N5O4.2O2S/c2*1-14(2)31-23(30)27-10-8-16(9-11-27)28-20(29)7-5-17-21(28)25-13-26-22(17)32-19-6-4-15(3)12-18(19)24;1-14(2)30-22(29)26-11-8-16(9-12-26)27-19(28)7-6-17-20(27)24-13-25-21(17)31-18-5-4-10-23-15(18)3;2*1-3-2/h4,6,12-14,16H,5,7-11H2,1-3H3;4-7,12-14,16H,8-11H2,1-3H3;4-7,10,13-14,16H,8-9,11-12H2,1-3H3;;. The van der Waals surface area contributed by atoms with Gasteiger partial charge in [0.05, 0.1) is 40.3 Å². The fraction of sp³-hybridized carbons (Fsp3) is 0.426. The number of aromatic nitrogens is 9. The lowest BCUT2D eigenvalue weighted by molar-refractivity contribution is -0.119. The van der Waals surface area contributed by atoms with Crippen molar-refractivity contribution in [3.63, 3.8) is 0 Å². The molecular formula is C68H77F2N13O16S2. The van der Waals surface area contributed by atoms with Crippen LogP contribution in [0.2, 0.25) is 0 Å². The van der Waals surface area contributed by atoms with Crippen LogP contribution in [-0.2, 0) is 48.6 Å². The molecule has 33 heteroatoms. The lowest BCUT2D eigenvalue weighted by atomic mass is 9.98. The highest BCUT2D eigenvalue weighted by atomic mass is 32.1. The second kappa shape index (κ2) is 36.0. The minimum Gasteiger partial charge on any atom is -0.447 e. The number of benzene rings is 2. The number of halogens is 2. The second-order valence-electron chi connectivity index (χ2n) is 24.5. The van der Waals surface area contributed by atoms with Crippen LogP contribution in [0.3, 0.4) is 0 Å². The fourth-order valence-corrected chi connectivity index (χ4v) is 11.7. The van der Waals surface area contributed by atoms with Gasteiger partial charge in [-0.3, -0.25) is 33.4 Å². The third-order valence-corrected chi connectivity index (χ3v) is 16.4. The highest BCUT2D eigenvalue weighted by Crippen LogP contribution is 2.38. The second-order valence-corrected chi connectivity index (χ2v) is 24.8. The molecule has 6 aromatic heterocycles.